The van der Waals surface area contributed by atoms with E-state index in [1.807, 2.05) is 0 Å². The number of carbonyl (C=O) groups is 2. The Balaban J connectivity index is 1.41. The Morgan fingerprint density at radius 1 is 1.23 bits per heavy atom. The zero-order chi connectivity index (χ0) is 15.3. The third-order valence-electron chi connectivity index (χ3n) is 5.79. The van der Waals surface area contributed by atoms with Crippen LogP contribution in [0.2, 0.25) is 0 Å². The van der Waals surface area contributed by atoms with Crippen molar-refractivity contribution in [2.75, 3.05) is 6.61 Å². The summed E-state index contributed by atoms with van der Waals surface area (Å²) >= 11 is 0. The zero-order valence-electron chi connectivity index (χ0n) is 12.8. The van der Waals surface area contributed by atoms with Gasteiger partial charge in [-0.1, -0.05) is 5.16 Å². The first-order valence-corrected chi connectivity index (χ1v) is 8.18. The average molecular weight is 303 g/mol. The maximum Gasteiger partial charge on any atom is 0.377 e. The van der Waals surface area contributed by atoms with Crippen LogP contribution in [0.3, 0.4) is 0 Å². The Kier molecular flexibility index (Phi) is 3.13. The lowest BCUT2D eigenvalue weighted by Gasteiger charge is -2.55. The first-order chi connectivity index (χ1) is 10.5. The fourth-order valence-corrected chi connectivity index (χ4v) is 5.27. The second-order valence-corrected chi connectivity index (χ2v) is 7.53. The number of carbonyl (C=O) groups excluding carboxylic acids is 2. The van der Waals surface area contributed by atoms with Crippen molar-refractivity contribution in [1.82, 2.24) is 5.16 Å². The highest BCUT2D eigenvalue weighted by molar-refractivity contribution is 5.91. The molecule has 0 N–H and O–H groups in total. The normalized spacial score (nSPS) is 35.6. The molecule has 4 aliphatic carbocycles. The summed E-state index contributed by atoms with van der Waals surface area (Å²) < 4.78 is 10.0. The molecule has 5 nitrogen and oxygen atoms in total. The van der Waals surface area contributed by atoms with Gasteiger partial charge in [-0.25, -0.2) is 4.79 Å². The van der Waals surface area contributed by atoms with E-state index >= 15 is 0 Å². The lowest BCUT2D eigenvalue weighted by Crippen LogP contribution is -2.51. The third-order valence-corrected chi connectivity index (χ3v) is 5.79. The molecule has 0 aromatic carbocycles. The molecule has 4 bridgehead atoms. The summed E-state index contributed by atoms with van der Waals surface area (Å²) in [4.78, 5) is 24.6. The lowest BCUT2D eigenvalue weighted by molar-refractivity contribution is -0.147. The Hall–Kier alpha value is -1.65. The molecule has 118 valence electrons. The summed E-state index contributed by atoms with van der Waals surface area (Å²) in [7, 11) is 0. The Morgan fingerprint density at radius 3 is 2.32 bits per heavy atom. The number of Topliss-reactive ketones (excluding diaryl/α,β-unsaturated/α-hetero) is 1. The predicted octanol–water partition coefficient (Wildman–Crippen LogP) is 2.93. The van der Waals surface area contributed by atoms with E-state index in [0.29, 0.717) is 23.4 Å². The minimum absolute atomic E-state index is 0.0656. The molecule has 1 aromatic heterocycles. The quantitative estimate of drug-likeness (QED) is 0.800. The smallest absolute Gasteiger partial charge is 0.377 e. The van der Waals surface area contributed by atoms with E-state index in [-0.39, 0.29) is 23.6 Å². The predicted molar refractivity (Wildman–Crippen MR) is 77.1 cm³/mol. The highest BCUT2D eigenvalue weighted by Gasteiger charge is 2.54. The van der Waals surface area contributed by atoms with Crippen LogP contribution in [0.1, 0.15) is 54.8 Å². The van der Waals surface area contributed by atoms with Gasteiger partial charge in [0.05, 0.1) is 5.69 Å². The van der Waals surface area contributed by atoms with Crippen LogP contribution >= 0.6 is 0 Å². The number of rotatable bonds is 4. The molecule has 0 atom stereocenters. The van der Waals surface area contributed by atoms with E-state index in [1.54, 1.807) is 6.92 Å². The summed E-state index contributed by atoms with van der Waals surface area (Å²) in [5.74, 6) is 1.71. The van der Waals surface area contributed by atoms with Crippen molar-refractivity contribution in [2.45, 2.75) is 45.4 Å². The molecule has 4 fully saturated rings. The van der Waals surface area contributed by atoms with E-state index in [9.17, 15) is 9.59 Å². The van der Waals surface area contributed by atoms with Crippen molar-refractivity contribution in [1.29, 1.82) is 0 Å². The lowest BCUT2D eigenvalue weighted by atomic mass is 9.48. The first-order valence-electron chi connectivity index (χ1n) is 8.18. The number of aromatic nitrogens is 1. The van der Waals surface area contributed by atoms with Crippen molar-refractivity contribution in [3.05, 3.63) is 17.5 Å². The van der Waals surface area contributed by atoms with Gasteiger partial charge in [0.1, 0.15) is 0 Å². The minimum Gasteiger partial charge on any atom is -0.452 e. The Bertz CT molecular complexity index is 583. The van der Waals surface area contributed by atoms with Gasteiger partial charge in [-0.15, -0.1) is 0 Å². The topological polar surface area (TPSA) is 69.4 Å². The van der Waals surface area contributed by atoms with Crippen molar-refractivity contribution < 1.29 is 18.8 Å². The fourth-order valence-electron chi connectivity index (χ4n) is 5.27. The van der Waals surface area contributed by atoms with Crippen LogP contribution < -0.4 is 0 Å². The summed E-state index contributed by atoms with van der Waals surface area (Å²) in [5.41, 5.74) is 0.408. The van der Waals surface area contributed by atoms with Crippen molar-refractivity contribution in [2.24, 2.45) is 23.2 Å². The van der Waals surface area contributed by atoms with E-state index in [1.165, 1.54) is 25.3 Å². The molecule has 1 heterocycles. The van der Waals surface area contributed by atoms with Gasteiger partial charge < -0.3 is 9.26 Å². The van der Waals surface area contributed by atoms with Gasteiger partial charge in [-0.2, -0.15) is 0 Å². The van der Waals surface area contributed by atoms with Gasteiger partial charge in [0, 0.05) is 11.5 Å². The Morgan fingerprint density at radius 2 is 1.82 bits per heavy atom. The van der Waals surface area contributed by atoms with Gasteiger partial charge >= 0.3 is 5.97 Å². The number of ketones is 1. The van der Waals surface area contributed by atoms with Crippen molar-refractivity contribution in [3.63, 3.8) is 0 Å². The van der Waals surface area contributed by atoms with Crippen molar-refractivity contribution in [3.8, 4) is 0 Å². The monoisotopic (exact) mass is 303 g/mol. The molecular formula is C17H21NO4. The number of nitrogens with zero attached hydrogens (tertiary/aromatic N) is 1. The fraction of sp³-hybridized carbons (Fsp3) is 0.706. The zero-order valence-corrected chi connectivity index (χ0v) is 12.8. The van der Waals surface area contributed by atoms with Crippen LogP contribution in [0, 0.1) is 30.1 Å². The van der Waals surface area contributed by atoms with Gasteiger partial charge in [-0.3, -0.25) is 4.79 Å². The minimum atomic E-state index is -0.598. The number of esters is 1. The highest BCUT2D eigenvalue weighted by Crippen LogP contribution is 2.60. The summed E-state index contributed by atoms with van der Waals surface area (Å²) in [5, 5.41) is 3.66. The van der Waals surface area contributed by atoms with Crippen LogP contribution in [-0.4, -0.2) is 23.5 Å². The molecule has 0 amide bonds. The molecule has 0 saturated heterocycles. The van der Waals surface area contributed by atoms with Crippen LogP contribution in [0.25, 0.3) is 0 Å². The van der Waals surface area contributed by atoms with Crippen molar-refractivity contribution >= 4 is 11.8 Å². The molecule has 4 saturated carbocycles. The average Bonchev–Trinajstić information content (AvgIpc) is 2.89. The molecule has 0 aliphatic heterocycles. The highest BCUT2D eigenvalue weighted by atomic mass is 16.6. The molecule has 0 radical (unpaired) electrons. The van der Waals surface area contributed by atoms with Gasteiger partial charge in [0.2, 0.25) is 5.76 Å². The second kappa shape index (κ2) is 4.93. The third kappa shape index (κ3) is 2.27. The number of ether oxygens (including phenoxy) is 1. The van der Waals surface area contributed by atoms with Crippen LogP contribution in [0.4, 0.5) is 0 Å². The van der Waals surface area contributed by atoms with Gasteiger partial charge in [-0.05, 0) is 63.2 Å². The second-order valence-electron chi connectivity index (χ2n) is 7.53. The summed E-state index contributed by atoms with van der Waals surface area (Å²) in [6.07, 6.45) is 6.88. The maximum atomic E-state index is 12.7. The van der Waals surface area contributed by atoms with E-state index in [0.717, 1.165) is 19.3 Å². The number of hydrogen-bond donors (Lipinski definition) is 0. The summed E-state index contributed by atoms with van der Waals surface area (Å²) in [6.45, 7) is 1.60. The first kappa shape index (κ1) is 14.0. The van der Waals surface area contributed by atoms with E-state index < -0.39 is 5.97 Å². The van der Waals surface area contributed by atoms with E-state index in [4.69, 9.17) is 9.26 Å². The maximum absolute atomic E-state index is 12.7. The van der Waals surface area contributed by atoms with Gasteiger partial charge in [0.15, 0.2) is 12.4 Å². The van der Waals surface area contributed by atoms with Gasteiger partial charge in [0.25, 0.3) is 0 Å². The molecule has 5 heteroatoms. The van der Waals surface area contributed by atoms with Crippen LogP contribution in [0.15, 0.2) is 10.6 Å². The standard InChI is InChI=1S/C17H21NO4/c1-10-2-14(22-18-10)16(20)21-9-15(19)17-6-11-3-12(7-17)5-13(4-11)8-17/h2,11-13H,3-9H2,1H3. The summed E-state index contributed by atoms with van der Waals surface area (Å²) in [6, 6.07) is 1.53. The molecule has 0 spiro atoms. The number of hydrogen-bond acceptors (Lipinski definition) is 5. The van der Waals surface area contributed by atoms with Crippen LogP contribution in [0.5, 0.6) is 0 Å². The largest absolute Gasteiger partial charge is 0.452 e. The number of aryl methyl sites for hydroxylation is 1. The molecule has 4 aliphatic rings. The molecule has 0 unspecified atom stereocenters. The molecular weight excluding hydrogens is 282 g/mol. The Labute approximate surface area is 129 Å². The molecule has 1 aromatic rings. The molecule has 5 rings (SSSR count). The van der Waals surface area contributed by atoms with E-state index in [2.05, 4.69) is 5.16 Å². The SMILES string of the molecule is Cc1cc(C(=O)OCC(=O)C23CC4CC(CC(C4)C2)C3)on1. The van der Waals surface area contributed by atoms with Crippen LogP contribution in [-0.2, 0) is 9.53 Å². The molecule has 22 heavy (non-hydrogen) atoms.